The van der Waals surface area contributed by atoms with E-state index in [9.17, 15) is 14.7 Å². The predicted molar refractivity (Wildman–Crippen MR) is 72.7 cm³/mol. The molecule has 0 bridgehead atoms. The van der Waals surface area contributed by atoms with Crippen LogP contribution >= 0.6 is 0 Å². The molecule has 1 saturated heterocycles. The van der Waals surface area contributed by atoms with Gasteiger partial charge in [0.25, 0.3) is 5.91 Å². The third-order valence-corrected chi connectivity index (χ3v) is 3.30. The van der Waals surface area contributed by atoms with Gasteiger partial charge in [-0.3, -0.25) is 4.79 Å². The lowest BCUT2D eigenvalue weighted by atomic mass is 10.0. The average molecular weight is 278 g/mol. The molecule has 1 aliphatic rings. The first-order valence-corrected chi connectivity index (χ1v) is 6.75. The highest BCUT2D eigenvalue weighted by molar-refractivity contribution is 5.92. The maximum Gasteiger partial charge on any atom is 0.326 e. The molecule has 1 aromatic rings. The number of hydrogen-bond donors (Lipinski definition) is 2. The minimum atomic E-state index is -0.848. The first-order chi connectivity index (χ1) is 9.63. The molecule has 7 nitrogen and oxygen atoms in total. The molecular weight excluding hydrogens is 260 g/mol. The quantitative estimate of drug-likeness (QED) is 0.840. The molecule has 0 aliphatic carbocycles. The third-order valence-electron chi connectivity index (χ3n) is 3.30. The number of piperidine rings is 1. The summed E-state index contributed by atoms with van der Waals surface area (Å²) in [4.78, 5) is 24.6. The van der Waals surface area contributed by atoms with Gasteiger partial charge in [-0.15, -0.1) is 10.2 Å². The van der Waals surface area contributed by atoms with Crippen molar-refractivity contribution in [2.75, 3.05) is 18.0 Å². The van der Waals surface area contributed by atoms with Gasteiger partial charge >= 0.3 is 5.97 Å². The number of hydrogen-bond acceptors (Lipinski definition) is 5. The highest BCUT2D eigenvalue weighted by Crippen LogP contribution is 2.22. The molecule has 0 radical (unpaired) electrons. The molecule has 0 spiro atoms. The van der Waals surface area contributed by atoms with Crippen molar-refractivity contribution in [3.63, 3.8) is 0 Å². The Kier molecular flexibility index (Phi) is 4.49. The summed E-state index contributed by atoms with van der Waals surface area (Å²) >= 11 is 0. The Morgan fingerprint density at radius 1 is 1.40 bits per heavy atom. The summed E-state index contributed by atoms with van der Waals surface area (Å²) in [5.74, 6) is -0.621. The first kappa shape index (κ1) is 14.2. The van der Waals surface area contributed by atoms with Crippen molar-refractivity contribution in [2.45, 2.75) is 32.2 Å². The number of nitrogens with zero attached hydrogens (tertiary/aromatic N) is 3. The maximum absolute atomic E-state index is 11.6. The van der Waals surface area contributed by atoms with Crippen LogP contribution in [0, 0.1) is 0 Å². The van der Waals surface area contributed by atoms with E-state index in [0.717, 1.165) is 12.8 Å². The van der Waals surface area contributed by atoms with Gasteiger partial charge in [-0.2, -0.15) is 0 Å². The molecule has 2 rings (SSSR count). The fourth-order valence-electron chi connectivity index (χ4n) is 2.31. The zero-order chi connectivity index (χ0) is 14.5. The van der Waals surface area contributed by atoms with Crippen LogP contribution in [0.5, 0.6) is 0 Å². The van der Waals surface area contributed by atoms with Gasteiger partial charge in [0.2, 0.25) is 0 Å². The lowest BCUT2D eigenvalue weighted by Gasteiger charge is -2.33. The van der Waals surface area contributed by atoms with E-state index >= 15 is 0 Å². The van der Waals surface area contributed by atoms with E-state index in [0.29, 0.717) is 25.3 Å². The largest absolute Gasteiger partial charge is 0.480 e. The topological polar surface area (TPSA) is 95.4 Å². The average Bonchev–Trinajstić information content (AvgIpc) is 2.47. The second kappa shape index (κ2) is 6.31. The van der Waals surface area contributed by atoms with Crippen LogP contribution < -0.4 is 10.2 Å². The fraction of sp³-hybridized carbons (Fsp3) is 0.538. The number of amides is 1. The summed E-state index contributed by atoms with van der Waals surface area (Å²) in [5, 5.41) is 19.7. The summed E-state index contributed by atoms with van der Waals surface area (Å²) in [6.45, 7) is 2.99. The minimum absolute atomic E-state index is 0.236. The molecular formula is C13H18N4O3. The SMILES string of the molecule is CCNC(=O)c1ccc(N2CCCCC2C(=O)O)nn1. The molecule has 7 heteroatoms. The first-order valence-electron chi connectivity index (χ1n) is 6.75. The highest BCUT2D eigenvalue weighted by Gasteiger charge is 2.29. The number of nitrogens with one attached hydrogen (secondary N) is 1. The van der Waals surface area contributed by atoms with Crippen molar-refractivity contribution >= 4 is 17.7 Å². The summed E-state index contributed by atoms with van der Waals surface area (Å²) in [5.41, 5.74) is 0.236. The van der Waals surface area contributed by atoms with Crippen LogP contribution in [0.2, 0.25) is 0 Å². The van der Waals surface area contributed by atoms with Crippen molar-refractivity contribution in [1.29, 1.82) is 0 Å². The maximum atomic E-state index is 11.6. The van der Waals surface area contributed by atoms with Crippen LogP contribution in [0.15, 0.2) is 12.1 Å². The van der Waals surface area contributed by atoms with Gasteiger partial charge in [-0.25, -0.2) is 4.79 Å². The number of carbonyl (C=O) groups excluding carboxylic acids is 1. The zero-order valence-corrected chi connectivity index (χ0v) is 11.4. The fourth-order valence-corrected chi connectivity index (χ4v) is 2.31. The van der Waals surface area contributed by atoms with Crippen LogP contribution in [0.25, 0.3) is 0 Å². The van der Waals surface area contributed by atoms with E-state index in [1.807, 2.05) is 6.92 Å². The van der Waals surface area contributed by atoms with Crippen LogP contribution in [0.1, 0.15) is 36.7 Å². The van der Waals surface area contributed by atoms with Gasteiger partial charge in [0.05, 0.1) is 0 Å². The molecule has 20 heavy (non-hydrogen) atoms. The van der Waals surface area contributed by atoms with Gasteiger partial charge < -0.3 is 15.3 Å². The molecule has 1 atom stereocenters. The Morgan fingerprint density at radius 3 is 2.80 bits per heavy atom. The van der Waals surface area contributed by atoms with Gasteiger partial charge in [-0.05, 0) is 38.3 Å². The molecule has 2 N–H and O–H groups in total. The van der Waals surface area contributed by atoms with Gasteiger partial charge in [0, 0.05) is 13.1 Å². The van der Waals surface area contributed by atoms with E-state index in [1.165, 1.54) is 0 Å². The molecule has 1 aromatic heterocycles. The van der Waals surface area contributed by atoms with Crippen molar-refractivity contribution in [3.05, 3.63) is 17.8 Å². The van der Waals surface area contributed by atoms with Crippen LogP contribution in [-0.2, 0) is 4.79 Å². The summed E-state index contributed by atoms with van der Waals surface area (Å²) in [6.07, 6.45) is 2.44. The Labute approximate surface area is 117 Å². The molecule has 1 amide bonds. The van der Waals surface area contributed by atoms with Gasteiger partial charge in [0.15, 0.2) is 11.5 Å². The van der Waals surface area contributed by atoms with Crippen LogP contribution in [0.4, 0.5) is 5.82 Å². The molecule has 1 fully saturated rings. The van der Waals surface area contributed by atoms with Crippen molar-refractivity contribution in [1.82, 2.24) is 15.5 Å². The summed E-state index contributed by atoms with van der Waals surface area (Å²) < 4.78 is 0. The van der Waals surface area contributed by atoms with Crippen LogP contribution in [0.3, 0.4) is 0 Å². The smallest absolute Gasteiger partial charge is 0.326 e. The van der Waals surface area contributed by atoms with E-state index in [4.69, 9.17) is 0 Å². The second-order valence-corrected chi connectivity index (χ2v) is 4.68. The molecule has 0 aromatic carbocycles. The predicted octanol–water partition coefficient (Wildman–Crippen LogP) is 0.670. The number of aromatic nitrogens is 2. The zero-order valence-electron chi connectivity index (χ0n) is 11.4. The van der Waals surface area contributed by atoms with Crippen LogP contribution in [-0.4, -0.2) is 46.3 Å². The second-order valence-electron chi connectivity index (χ2n) is 4.68. The summed E-state index contributed by atoms with van der Waals surface area (Å²) in [7, 11) is 0. The minimum Gasteiger partial charge on any atom is -0.480 e. The van der Waals surface area contributed by atoms with Crippen molar-refractivity contribution < 1.29 is 14.7 Å². The molecule has 1 unspecified atom stereocenters. The third kappa shape index (κ3) is 3.04. The Bertz CT molecular complexity index is 489. The van der Waals surface area contributed by atoms with E-state index < -0.39 is 12.0 Å². The van der Waals surface area contributed by atoms with Gasteiger partial charge in [-0.1, -0.05) is 0 Å². The van der Waals surface area contributed by atoms with Gasteiger partial charge in [0.1, 0.15) is 6.04 Å². The Balaban J connectivity index is 2.15. The molecule has 0 saturated carbocycles. The number of carboxylic acids is 1. The standard InChI is InChI=1S/C13H18N4O3/c1-2-14-12(18)9-6-7-11(16-15-9)17-8-4-3-5-10(17)13(19)20/h6-7,10H,2-5,8H2,1H3,(H,14,18)(H,19,20). The number of carbonyl (C=O) groups is 2. The lowest BCUT2D eigenvalue weighted by Crippen LogP contribution is -2.45. The summed E-state index contributed by atoms with van der Waals surface area (Å²) in [6, 6.07) is 2.66. The van der Waals surface area contributed by atoms with Crippen molar-refractivity contribution in [3.8, 4) is 0 Å². The van der Waals surface area contributed by atoms with E-state index in [2.05, 4.69) is 15.5 Å². The lowest BCUT2D eigenvalue weighted by molar-refractivity contribution is -0.139. The normalized spacial score (nSPS) is 18.6. The Hall–Kier alpha value is -2.18. The van der Waals surface area contributed by atoms with Crippen molar-refractivity contribution in [2.24, 2.45) is 0 Å². The number of carboxylic acid groups (broad SMARTS) is 1. The molecule has 108 valence electrons. The van der Waals surface area contributed by atoms with E-state index in [-0.39, 0.29) is 11.6 Å². The number of rotatable bonds is 4. The molecule has 2 heterocycles. The number of anilines is 1. The molecule has 1 aliphatic heterocycles. The number of aliphatic carboxylic acids is 1. The highest BCUT2D eigenvalue weighted by atomic mass is 16.4. The Morgan fingerprint density at radius 2 is 2.20 bits per heavy atom. The monoisotopic (exact) mass is 278 g/mol. The van der Waals surface area contributed by atoms with E-state index in [1.54, 1.807) is 17.0 Å².